The third-order valence-corrected chi connectivity index (χ3v) is 3.86. The van der Waals surface area contributed by atoms with Crippen LogP contribution in [0.15, 0.2) is 18.5 Å². The number of rotatable bonds is 3. The summed E-state index contributed by atoms with van der Waals surface area (Å²) in [5, 5.41) is 0. The molecule has 88 valence electrons. The largest absolute Gasteiger partial charge is 0.323 e. The van der Waals surface area contributed by atoms with E-state index in [2.05, 4.69) is 15.6 Å². The molecule has 2 heterocycles. The Kier molecular flexibility index (Phi) is 1.86. The van der Waals surface area contributed by atoms with Crippen molar-refractivity contribution in [3.63, 3.8) is 0 Å². The summed E-state index contributed by atoms with van der Waals surface area (Å²) >= 11 is 0. The van der Waals surface area contributed by atoms with Crippen molar-refractivity contribution in [1.29, 1.82) is 0 Å². The van der Waals surface area contributed by atoms with E-state index >= 15 is 0 Å². The van der Waals surface area contributed by atoms with Crippen molar-refractivity contribution >= 4 is 11.0 Å². The maximum atomic E-state index is 6.33. The number of imidazole rings is 1. The van der Waals surface area contributed by atoms with Gasteiger partial charge in [0.2, 0.25) is 0 Å². The Morgan fingerprint density at radius 3 is 2.82 bits per heavy atom. The average molecular weight is 228 g/mol. The van der Waals surface area contributed by atoms with Crippen molar-refractivity contribution in [2.45, 2.75) is 37.8 Å². The second-order valence-corrected chi connectivity index (χ2v) is 5.30. The average Bonchev–Trinajstić information content (AvgIpc) is 3.23. The van der Waals surface area contributed by atoms with Gasteiger partial charge in [-0.3, -0.25) is 4.98 Å². The highest BCUT2D eigenvalue weighted by atomic mass is 15.2. The van der Waals surface area contributed by atoms with Crippen LogP contribution >= 0.6 is 0 Å². The summed E-state index contributed by atoms with van der Waals surface area (Å²) in [4.78, 5) is 8.86. The zero-order valence-corrected chi connectivity index (χ0v) is 9.71. The van der Waals surface area contributed by atoms with Crippen molar-refractivity contribution < 1.29 is 0 Å². The Hall–Kier alpha value is -1.42. The maximum absolute atomic E-state index is 6.33. The first-order valence-electron chi connectivity index (χ1n) is 6.42. The van der Waals surface area contributed by atoms with Gasteiger partial charge in [0.05, 0.1) is 17.8 Å². The van der Waals surface area contributed by atoms with Gasteiger partial charge in [0.1, 0.15) is 11.3 Å². The van der Waals surface area contributed by atoms with E-state index in [1.54, 1.807) is 0 Å². The van der Waals surface area contributed by atoms with Gasteiger partial charge in [-0.2, -0.15) is 0 Å². The van der Waals surface area contributed by atoms with E-state index < -0.39 is 0 Å². The minimum Gasteiger partial charge on any atom is -0.323 e. The Morgan fingerprint density at radius 1 is 1.29 bits per heavy atom. The van der Waals surface area contributed by atoms with Crippen LogP contribution in [0.4, 0.5) is 0 Å². The van der Waals surface area contributed by atoms with Gasteiger partial charge in [-0.05, 0) is 37.7 Å². The van der Waals surface area contributed by atoms with Gasteiger partial charge in [0, 0.05) is 12.2 Å². The van der Waals surface area contributed by atoms with Gasteiger partial charge >= 0.3 is 0 Å². The molecule has 4 heteroatoms. The van der Waals surface area contributed by atoms with Crippen LogP contribution in [0, 0.1) is 5.92 Å². The molecule has 1 unspecified atom stereocenters. The van der Waals surface area contributed by atoms with Crippen molar-refractivity contribution in [2.24, 2.45) is 11.7 Å². The number of fused-ring (bicyclic) bond motifs is 1. The molecule has 2 aromatic rings. The molecule has 1 atom stereocenters. The predicted octanol–water partition coefficient (Wildman–Crippen LogP) is 2.18. The third kappa shape index (κ3) is 1.47. The van der Waals surface area contributed by atoms with E-state index in [1.165, 1.54) is 31.2 Å². The first-order chi connectivity index (χ1) is 8.34. The Bertz CT molecular complexity index is 566. The SMILES string of the molecule is NC(c1nc2cnccc2n1C1CC1)C1CC1. The molecule has 4 rings (SSSR count). The molecule has 0 radical (unpaired) electrons. The lowest BCUT2D eigenvalue weighted by molar-refractivity contribution is 0.552. The molecule has 0 spiro atoms. The van der Waals surface area contributed by atoms with Crippen molar-refractivity contribution in [3.8, 4) is 0 Å². The lowest BCUT2D eigenvalue weighted by Crippen LogP contribution is -2.18. The summed E-state index contributed by atoms with van der Waals surface area (Å²) in [6.07, 6.45) is 8.73. The van der Waals surface area contributed by atoms with E-state index in [-0.39, 0.29) is 6.04 Å². The van der Waals surface area contributed by atoms with Gasteiger partial charge in [-0.1, -0.05) is 0 Å². The van der Waals surface area contributed by atoms with Crippen LogP contribution in [0.3, 0.4) is 0 Å². The molecule has 0 bridgehead atoms. The fourth-order valence-corrected chi connectivity index (χ4v) is 2.59. The highest BCUT2D eigenvalue weighted by Crippen LogP contribution is 2.44. The fraction of sp³-hybridized carbons (Fsp3) is 0.538. The second kappa shape index (κ2) is 3.29. The molecule has 0 amide bonds. The van der Waals surface area contributed by atoms with Gasteiger partial charge < -0.3 is 10.3 Å². The molecule has 0 saturated heterocycles. The standard InChI is InChI=1S/C13H16N4/c14-12(8-1-2-8)13-16-10-7-15-6-5-11(10)17(13)9-3-4-9/h5-9,12H,1-4,14H2. The molecule has 0 aromatic carbocycles. The monoisotopic (exact) mass is 228 g/mol. The molecule has 2 N–H and O–H groups in total. The molecular formula is C13H16N4. The van der Waals surface area contributed by atoms with Crippen LogP contribution in [-0.4, -0.2) is 14.5 Å². The number of hydrogen-bond acceptors (Lipinski definition) is 3. The molecule has 2 fully saturated rings. The van der Waals surface area contributed by atoms with Crippen LogP contribution in [0.25, 0.3) is 11.0 Å². The van der Waals surface area contributed by atoms with Gasteiger partial charge in [-0.15, -0.1) is 0 Å². The summed E-state index contributed by atoms with van der Waals surface area (Å²) in [5.74, 6) is 1.73. The quantitative estimate of drug-likeness (QED) is 0.876. The molecule has 2 aliphatic carbocycles. The molecule has 0 aliphatic heterocycles. The van der Waals surface area contributed by atoms with Gasteiger partial charge in [0.15, 0.2) is 0 Å². The van der Waals surface area contributed by atoms with E-state index in [4.69, 9.17) is 10.7 Å². The van der Waals surface area contributed by atoms with Gasteiger partial charge in [0.25, 0.3) is 0 Å². The molecular weight excluding hydrogens is 212 g/mol. The van der Waals surface area contributed by atoms with E-state index in [0.29, 0.717) is 12.0 Å². The maximum Gasteiger partial charge on any atom is 0.127 e. The van der Waals surface area contributed by atoms with Crippen LogP contribution in [0.5, 0.6) is 0 Å². The number of nitrogens with two attached hydrogens (primary N) is 1. The number of pyridine rings is 1. The van der Waals surface area contributed by atoms with Crippen LogP contribution in [0.1, 0.15) is 43.6 Å². The van der Waals surface area contributed by atoms with Crippen LogP contribution in [0.2, 0.25) is 0 Å². The van der Waals surface area contributed by atoms with Crippen LogP contribution < -0.4 is 5.73 Å². The molecule has 2 saturated carbocycles. The number of nitrogens with zero attached hydrogens (tertiary/aromatic N) is 3. The van der Waals surface area contributed by atoms with E-state index in [0.717, 1.165) is 11.3 Å². The summed E-state index contributed by atoms with van der Waals surface area (Å²) in [5.41, 5.74) is 8.52. The summed E-state index contributed by atoms with van der Waals surface area (Å²) in [6.45, 7) is 0. The first kappa shape index (κ1) is 9.59. The zero-order valence-electron chi connectivity index (χ0n) is 9.71. The van der Waals surface area contributed by atoms with Crippen molar-refractivity contribution in [2.75, 3.05) is 0 Å². The lowest BCUT2D eigenvalue weighted by Gasteiger charge is -2.13. The summed E-state index contributed by atoms with van der Waals surface area (Å²) in [7, 11) is 0. The fourth-order valence-electron chi connectivity index (χ4n) is 2.59. The zero-order chi connectivity index (χ0) is 11.4. The third-order valence-electron chi connectivity index (χ3n) is 3.86. The smallest absolute Gasteiger partial charge is 0.127 e. The molecule has 2 aliphatic rings. The summed E-state index contributed by atoms with van der Waals surface area (Å²) < 4.78 is 2.36. The van der Waals surface area contributed by atoms with Gasteiger partial charge in [-0.25, -0.2) is 4.98 Å². The normalized spacial score (nSPS) is 21.9. The van der Waals surface area contributed by atoms with E-state index in [1.807, 2.05) is 12.4 Å². The topological polar surface area (TPSA) is 56.7 Å². The summed E-state index contributed by atoms with van der Waals surface area (Å²) in [6, 6.07) is 2.80. The van der Waals surface area contributed by atoms with E-state index in [9.17, 15) is 0 Å². The Labute approximate surface area is 99.9 Å². The highest BCUT2D eigenvalue weighted by molar-refractivity contribution is 5.75. The highest BCUT2D eigenvalue weighted by Gasteiger charge is 2.36. The lowest BCUT2D eigenvalue weighted by atomic mass is 10.2. The second-order valence-electron chi connectivity index (χ2n) is 5.30. The minimum absolute atomic E-state index is 0.114. The minimum atomic E-state index is 0.114. The molecule has 4 nitrogen and oxygen atoms in total. The van der Waals surface area contributed by atoms with Crippen molar-refractivity contribution in [1.82, 2.24) is 14.5 Å². The molecule has 17 heavy (non-hydrogen) atoms. The predicted molar refractivity (Wildman–Crippen MR) is 65.5 cm³/mol. The van der Waals surface area contributed by atoms with Crippen LogP contribution in [-0.2, 0) is 0 Å². The molecule has 2 aromatic heterocycles. The Balaban J connectivity index is 1.91. The number of hydrogen-bond donors (Lipinski definition) is 1. The first-order valence-corrected chi connectivity index (χ1v) is 6.42. The van der Waals surface area contributed by atoms with Crippen molar-refractivity contribution in [3.05, 3.63) is 24.3 Å². The Morgan fingerprint density at radius 2 is 2.12 bits per heavy atom. The number of aromatic nitrogens is 3.